The predicted molar refractivity (Wildman–Crippen MR) is 68.5 cm³/mol. The van der Waals surface area contributed by atoms with E-state index in [1.807, 2.05) is 6.08 Å². The van der Waals surface area contributed by atoms with E-state index in [1.165, 1.54) is 31.7 Å². The summed E-state index contributed by atoms with van der Waals surface area (Å²) in [5, 5.41) is 0. The van der Waals surface area contributed by atoms with E-state index >= 15 is 0 Å². The number of rotatable bonds is 3. The van der Waals surface area contributed by atoms with Gasteiger partial charge in [0, 0.05) is 5.56 Å². The number of benzene rings is 1. The number of Topliss-reactive ketones (excluding diaryl/α,β-unsaturated/α-hetero) is 1. The topological polar surface area (TPSA) is 26.3 Å². The lowest BCUT2D eigenvalue weighted by molar-refractivity contribution is 0.103. The number of carbonyl (C=O) groups excluding carboxylic acids is 1. The Labute approximate surface area is 106 Å². The Balaban J connectivity index is 2.25. The Morgan fingerprint density at radius 1 is 1.28 bits per heavy atom. The highest BCUT2D eigenvalue weighted by Gasteiger charge is 2.15. The van der Waals surface area contributed by atoms with Gasteiger partial charge in [0.2, 0.25) is 0 Å². The zero-order valence-corrected chi connectivity index (χ0v) is 10.5. The highest BCUT2D eigenvalue weighted by Crippen LogP contribution is 2.24. The average molecular weight is 248 g/mol. The fourth-order valence-electron chi connectivity index (χ4n) is 2.21. The molecule has 2 nitrogen and oxygen atoms in total. The van der Waals surface area contributed by atoms with Crippen LogP contribution in [0.1, 0.15) is 42.5 Å². The van der Waals surface area contributed by atoms with Gasteiger partial charge in [0.05, 0.1) is 7.11 Å². The molecular formula is C15H17FO2. The summed E-state index contributed by atoms with van der Waals surface area (Å²) in [7, 11) is 1.40. The molecule has 0 radical (unpaired) electrons. The monoisotopic (exact) mass is 248 g/mol. The third-order valence-electron chi connectivity index (χ3n) is 3.25. The molecule has 0 saturated heterocycles. The Morgan fingerprint density at radius 3 is 2.89 bits per heavy atom. The van der Waals surface area contributed by atoms with Crippen LogP contribution in [0.4, 0.5) is 4.39 Å². The zero-order valence-electron chi connectivity index (χ0n) is 10.5. The van der Waals surface area contributed by atoms with Crippen LogP contribution in [0.3, 0.4) is 0 Å². The summed E-state index contributed by atoms with van der Waals surface area (Å²) in [5.74, 6) is -0.325. The van der Waals surface area contributed by atoms with Gasteiger partial charge in [-0.05, 0) is 49.5 Å². The number of allylic oxidation sites excluding steroid dienone is 2. The van der Waals surface area contributed by atoms with Crippen molar-refractivity contribution in [2.45, 2.75) is 32.1 Å². The molecule has 0 unspecified atom stereocenters. The van der Waals surface area contributed by atoms with Crippen LogP contribution in [0.25, 0.3) is 0 Å². The first-order valence-electron chi connectivity index (χ1n) is 6.29. The minimum Gasteiger partial charge on any atom is -0.494 e. The van der Waals surface area contributed by atoms with E-state index in [-0.39, 0.29) is 11.5 Å². The summed E-state index contributed by atoms with van der Waals surface area (Å²) in [6.45, 7) is 0. The van der Waals surface area contributed by atoms with Crippen molar-refractivity contribution >= 4 is 5.78 Å². The van der Waals surface area contributed by atoms with Crippen molar-refractivity contribution in [1.82, 2.24) is 0 Å². The molecule has 0 saturated carbocycles. The molecule has 0 aliphatic heterocycles. The maximum atomic E-state index is 13.3. The van der Waals surface area contributed by atoms with E-state index < -0.39 is 5.82 Å². The summed E-state index contributed by atoms with van der Waals surface area (Å²) in [4.78, 5) is 12.3. The first-order valence-corrected chi connectivity index (χ1v) is 6.29. The second kappa shape index (κ2) is 5.80. The molecule has 3 heteroatoms. The van der Waals surface area contributed by atoms with E-state index in [1.54, 1.807) is 0 Å². The molecule has 1 aromatic carbocycles. The van der Waals surface area contributed by atoms with Gasteiger partial charge in [-0.15, -0.1) is 0 Å². The van der Waals surface area contributed by atoms with Gasteiger partial charge >= 0.3 is 0 Å². The van der Waals surface area contributed by atoms with Gasteiger partial charge in [-0.3, -0.25) is 4.79 Å². The van der Waals surface area contributed by atoms with Gasteiger partial charge < -0.3 is 4.74 Å². The Kier molecular flexibility index (Phi) is 4.13. The van der Waals surface area contributed by atoms with Crippen molar-refractivity contribution in [3.63, 3.8) is 0 Å². The van der Waals surface area contributed by atoms with Gasteiger partial charge in [0.15, 0.2) is 17.3 Å². The molecule has 0 N–H and O–H groups in total. The molecule has 0 bridgehead atoms. The summed E-state index contributed by atoms with van der Waals surface area (Å²) in [6, 6.07) is 4.28. The van der Waals surface area contributed by atoms with Gasteiger partial charge in [-0.2, -0.15) is 0 Å². The predicted octanol–water partition coefficient (Wildman–Crippen LogP) is 3.91. The summed E-state index contributed by atoms with van der Waals surface area (Å²) >= 11 is 0. The molecule has 0 spiro atoms. The van der Waals surface area contributed by atoms with Crippen LogP contribution in [-0.2, 0) is 0 Å². The first kappa shape index (κ1) is 12.8. The van der Waals surface area contributed by atoms with E-state index in [0.29, 0.717) is 5.56 Å². The van der Waals surface area contributed by atoms with E-state index in [0.717, 1.165) is 31.3 Å². The molecule has 0 amide bonds. The largest absolute Gasteiger partial charge is 0.494 e. The first-order chi connectivity index (χ1) is 8.72. The van der Waals surface area contributed by atoms with E-state index in [4.69, 9.17) is 4.74 Å². The van der Waals surface area contributed by atoms with Crippen LogP contribution in [0, 0.1) is 5.82 Å². The maximum absolute atomic E-state index is 13.3. The summed E-state index contributed by atoms with van der Waals surface area (Å²) < 4.78 is 18.2. The number of halogens is 1. The van der Waals surface area contributed by atoms with Crippen molar-refractivity contribution in [3.05, 3.63) is 41.2 Å². The van der Waals surface area contributed by atoms with Crippen molar-refractivity contribution in [3.8, 4) is 5.75 Å². The maximum Gasteiger partial charge on any atom is 0.188 e. The molecule has 1 aliphatic carbocycles. The molecule has 0 fully saturated rings. The number of ether oxygens (including phenoxy) is 1. The Morgan fingerprint density at radius 2 is 2.11 bits per heavy atom. The molecular weight excluding hydrogens is 231 g/mol. The van der Waals surface area contributed by atoms with Gasteiger partial charge in [0.1, 0.15) is 0 Å². The zero-order chi connectivity index (χ0) is 13.0. The second-order valence-corrected chi connectivity index (χ2v) is 4.51. The summed E-state index contributed by atoms with van der Waals surface area (Å²) in [6.07, 6.45) is 7.16. The fourth-order valence-corrected chi connectivity index (χ4v) is 2.21. The van der Waals surface area contributed by atoms with Crippen LogP contribution < -0.4 is 4.74 Å². The van der Waals surface area contributed by atoms with Crippen molar-refractivity contribution < 1.29 is 13.9 Å². The number of hydrogen-bond donors (Lipinski definition) is 0. The smallest absolute Gasteiger partial charge is 0.188 e. The number of carbonyl (C=O) groups is 1. The number of hydrogen-bond acceptors (Lipinski definition) is 2. The van der Waals surface area contributed by atoms with Gasteiger partial charge in [0.25, 0.3) is 0 Å². The standard InChI is InChI=1S/C15H17FO2/c1-18-14-10-12(8-9-13(14)16)15(17)11-6-4-2-3-5-7-11/h6,8-10H,2-5,7H2,1H3. The van der Waals surface area contributed by atoms with Gasteiger partial charge in [-0.25, -0.2) is 4.39 Å². The molecule has 2 rings (SSSR count). The Bertz CT molecular complexity index is 477. The highest BCUT2D eigenvalue weighted by molar-refractivity contribution is 6.08. The number of methoxy groups -OCH3 is 1. The molecule has 0 atom stereocenters. The van der Waals surface area contributed by atoms with E-state index in [2.05, 4.69) is 0 Å². The molecule has 96 valence electrons. The highest BCUT2D eigenvalue weighted by atomic mass is 19.1. The lowest BCUT2D eigenvalue weighted by Gasteiger charge is -2.07. The third-order valence-corrected chi connectivity index (χ3v) is 3.25. The molecule has 1 aliphatic rings. The molecule has 0 heterocycles. The normalized spacial score (nSPS) is 15.8. The van der Waals surface area contributed by atoms with Crippen LogP contribution in [0.15, 0.2) is 29.8 Å². The summed E-state index contributed by atoms with van der Waals surface area (Å²) in [5.41, 5.74) is 1.35. The van der Waals surface area contributed by atoms with Crippen LogP contribution in [0.2, 0.25) is 0 Å². The van der Waals surface area contributed by atoms with Crippen LogP contribution in [0.5, 0.6) is 5.75 Å². The second-order valence-electron chi connectivity index (χ2n) is 4.51. The average Bonchev–Trinajstić information content (AvgIpc) is 2.67. The third kappa shape index (κ3) is 2.78. The minimum absolute atomic E-state index is 0.00444. The van der Waals surface area contributed by atoms with Crippen molar-refractivity contribution in [2.75, 3.05) is 7.11 Å². The van der Waals surface area contributed by atoms with Crippen molar-refractivity contribution in [2.24, 2.45) is 0 Å². The van der Waals surface area contributed by atoms with Crippen LogP contribution in [-0.4, -0.2) is 12.9 Å². The van der Waals surface area contributed by atoms with Crippen molar-refractivity contribution in [1.29, 1.82) is 0 Å². The molecule has 0 aromatic heterocycles. The van der Waals surface area contributed by atoms with Crippen LogP contribution >= 0.6 is 0 Å². The lowest BCUT2D eigenvalue weighted by Crippen LogP contribution is -2.04. The fraction of sp³-hybridized carbons (Fsp3) is 0.400. The van der Waals surface area contributed by atoms with E-state index in [9.17, 15) is 9.18 Å². The number of ketones is 1. The van der Waals surface area contributed by atoms with Gasteiger partial charge in [-0.1, -0.05) is 12.5 Å². The quantitative estimate of drug-likeness (QED) is 0.758. The minimum atomic E-state index is -0.441. The molecule has 18 heavy (non-hydrogen) atoms. The SMILES string of the molecule is COc1cc(C(=O)C2=CCCCCC2)ccc1F. The molecule has 1 aromatic rings. The Hall–Kier alpha value is -1.64. The lowest BCUT2D eigenvalue weighted by atomic mass is 9.99.